The molecule has 0 aliphatic rings. The van der Waals surface area contributed by atoms with Gasteiger partial charge in [-0.25, -0.2) is 0 Å². The Labute approximate surface area is 283 Å². The predicted molar refractivity (Wildman–Crippen MR) is 206 cm³/mol. The molecule has 0 bridgehead atoms. The van der Waals surface area contributed by atoms with Gasteiger partial charge in [-0.05, 0) is 83.2 Å². The Balaban J connectivity index is 1.13. The van der Waals surface area contributed by atoms with Crippen molar-refractivity contribution in [1.82, 2.24) is 4.57 Å². The summed E-state index contributed by atoms with van der Waals surface area (Å²) in [5.74, 6) is 0. The topological polar surface area (TPSA) is 21.3 Å². The zero-order valence-corrected chi connectivity index (χ0v) is 26.6. The number of benzene rings is 8. The van der Waals surface area contributed by atoms with Crippen LogP contribution in [0.15, 0.2) is 186 Å². The van der Waals surface area contributed by atoms with Crippen LogP contribution >= 0.6 is 0 Å². The molecule has 0 unspecified atom stereocenters. The van der Waals surface area contributed by atoms with E-state index in [1.807, 2.05) is 0 Å². The quantitative estimate of drug-likeness (QED) is 0.190. The minimum absolute atomic E-state index is 0.872. The van der Waals surface area contributed by atoms with E-state index in [0.29, 0.717) is 0 Å². The summed E-state index contributed by atoms with van der Waals surface area (Å²) in [4.78, 5) is 2.31. The largest absolute Gasteiger partial charge is 0.455 e. The Morgan fingerprint density at radius 1 is 0.388 bits per heavy atom. The first-order chi connectivity index (χ1) is 24.3. The van der Waals surface area contributed by atoms with Crippen molar-refractivity contribution in [2.24, 2.45) is 0 Å². The van der Waals surface area contributed by atoms with Crippen molar-refractivity contribution in [1.29, 1.82) is 0 Å². The third-order valence-corrected chi connectivity index (χ3v) is 9.78. The highest BCUT2D eigenvalue weighted by Crippen LogP contribution is 2.41. The van der Waals surface area contributed by atoms with E-state index in [0.717, 1.165) is 50.1 Å². The summed E-state index contributed by atoms with van der Waals surface area (Å²) in [5.41, 5.74) is 10.9. The van der Waals surface area contributed by atoms with Gasteiger partial charge in [0, 0.05) is 55.7 Å². The minimum Gasteiger partial charge on any atom is -0.455 e. The number of hydrogen-bond acceptors (Lipinski definition) is 2. The summed E-state index contributed by atoms with van der Waals surface area (Å²) < 4.78 is 8.98. The van der Waals surface area contributed by atoms with Crippen LogP contribution in [-0.2, 0) is 0 Å². The fourth-order valence-electron chi connectivity index (χ4n) is 7.46. The summed E-state index contributed by atoms with van der Waals surface area (Å²) in [6.07, 6.45) is 0. The number of furan rings is 1. The molecule has 49 heavy (non-hydrogen) atoms. The Kier molecular flexibility index (Phi) is 6.18. The third kappa shape index (κ3) is 4.44. The molecule has 0 radical (unpaired) electrons. The van der Waals surface area contributed by atoms with Crippen molar-refractivity contribution >= 4 is 71.6 Å². The summed E-state index contributed by atoms with van der Waals surface area (Å²) in [6, 6.07) is 64.9. The molecule has 0 N–H and O–H groups in total. The van der Waals surface area contributed by atoms with Crippen LogP contribution in [-0.4, -0.2) is 4.57 Å². The van der Waals surface area contributed by atoms with Crippen LogP contribution in [0.5, 0.6) is 0 Å². The van der Waals surface area contributed by atoms with Crippen molar-refractivity contribution in [3.05, 3.63) is 182 Å². The van der Waals surface area contributed by atoms with Crippen LogP contribution in [0.4, 0.5) is 17.1 Å². The van der Waals surface area contributed by atoms with Crippen LogP contribution in [0.25, 0.3) is 71.3 Å². The highest BCUT2D eigenvalue weighted by molar-refractivity contribution is 6.15. The van der Waals surface area contributed by atoms with Crippen LogP contribution in [0.1, 0.15) is 0 Å². The van der Waals surface area contributed by atoms with Crippen LogP contribution in [0.3, 0.4) is 0 Å². The number of anilines is 3. The molecule has 0 saturated carbocycles. The SMILES string of the molecule is c1ccc(-c2ccc(N(c3ccc(-n4c5ccccc5c5ccccc54)cc3)c3ccc4c(c3)oc3c5ccccc5ccc43)cc2)cc1. The fraction of sp³-hybridized carbons (Fsp3) is 0. The normalized spacial score (nSPS) is 11.7. The van der Waals surface area contributed by atoms with Crippen LogP contribution < -0.4 is 4.90 Å². The van der Waals surface area contributed by atoms with Gasteiger partial charge in [0.05, 0.1) is 11.0 Å². The average Bonchev–Trinajstić information content (AvgIpc) is 3.72. The van der Waals surface area contributed by atoms with E-state index in [9.17, 15) is 0 Å². The van der Waals surface area contributed by atoms with Crippen molar-refractivity contribution in [2.75, 3.05) is 4.90 Å². The molecule has 230 valence electrons. The smallest absolute Gasteiger partial charge is 0.143 e. The molecule has 10 rings (SSSR count). The predicted octanol–water partition coefficient (Wildman–Crippen LogP) is 13.0. The van der Waals surface area contributed by atoms with Crippen molar-refractivity contribution < 1.29 is 4.42 Å². The molecular formula is C46H30N2O. The Morgan fingerprint density at radius 3 is 1.65 bits per heavy atom. The van der Waals surface area contributed by atoms with Gasteiger partial charge < -0.3 is 13.9 Å². The summed E-state index contributed by atoms with van der Waals surface area (Å²) in [7, 11) is 0. The molecule has 2 aromatic heterocycles. The molecule has 3 nitrogen and oxygen atoms in total. The van der Waals surface area contributed by atoms with E-state index >= 15 is 0 Å². The number of hydrogen-bond donors (Lipinski definition) is 0. The fourth-order valence-corrected chi connectivity index (χ4v) is 7.46. The van der Waals surface area contributed by atoms with Gasteiger partial charge >= 0.3 is 0 Å². The lowest BCUT2D eigenvalue weighted by Gasteiger charge is -2.26. The molecule has 0 aliphatic carbocycles. The molecule has 3 heteroatoms. The summed E-state index contributed by atoms with van der Waals surface area (Å²) >= 11 is 0. The van der Waals surface area contributed by atoms with Gasteiger partial charge in [-0.2, -0.15) is 0 Å². The standard InChI is InChI=1S/C46H30N2O/c1-2-10-31(11-3-1)32-18-21-34(22-19-32)47(37-27-29-41-42-28-20-33-12-4-5-13-38(33)46(42)49-45(41)30-37)35-23-25-36(26-24-35)48-43-16-8-6-14-39(43)40-15-7-9-17-44(40)48/h1-30H. The number of aromatic nitrogens is 1. The summed E-state index contributed by atoms with van der Waals surface area (Å²) in [6.45, 7) is 0. The zero-order valence-electron chi connectivity index (χ0n) is 26.6. The number of rotatable bonds is 5. The first kappa shape index (κ1) is 27.5. The number of nitrogens with zero attached hydrogens (tertiary/aromatic N) is 2. The van der Waals surface area contributed by atoms with E-state index in [-0.39, 0.29) is 0 Å². The average molecular weight is 627 g/mol. The van der Waals surface area contributed by atoms with E-state index < -0.39 is 0 Å². The number of para-hydroxylation sites is 2. The molecule has 0 fully saturated rings. The third-order valence-electron chi connectivity index (χ3n) is 9.78. The molecule has 0 atom stereocenters. The first-order valence-corrected chi connectivity index (χ1v) is 16.7. The van der Waals surface area contributed by atoms with Crippen LogP contribution in [0.2, 0.25) is 0 Å². The van der Waals surface area contributed by atoms with Gasteiger partial charge in [0.15, 0.2) is 0 Å². The molecular weight excluding hydrogens is 597 g/mol. The molecule has 0 spiro atoms. The van der Waals surface area contributed by atoms with Gasteiger partial charge in [-0.15, -0.1) is 0 Å². The van der Waals surface area contributed by atoms with Gasteiger partial charge in [0.1, 0.15) is 11.2 Å². The van der Waals surface area contributed by atoms with Crippen LogP contribution in [0, 0.1) is 0 Å². The highest BCUT2D eigenvalue weighted by Gasteiger charge is 2.18. The van der Waals surface area contributed by atoms with E-state index in [1.54, 1.807) is 0 Å². The minimum atomic E-state index is 0.872. The van der Waals surface area contributed by atoms with E-state index in [1.165, 1.54) is 38.3 Å². The maximum absolute atomic E-state index is 6.63. The van der Waals surface area contributed by atoms with E-state index in [2.05, 4.69) is 191 Å². The molecule has 2 heterocycles. The maximum Gasteiger partial charge on any atom is 0.143 e. The summed E-state index contributed by atoms with van der Waals surface area (Å²) in [5, 5.41) is 7.08. The highest BCUT2D eigenvalue weighted by atomic mass is 16.3. The molecule has 0 aliphatic heterocycles. The maximum atomic E-state index is 6.63. The second kappa shape index (κ2) is 11.0. The molecule has 0 amide bonds. The van der Waals surface area contributed by atoms with Gasteiger partial charge in [0.2, 0.25) is 0 Å². The molecule has 0 saturated heterocycles. The second-order valence-corrected chi connectivity index (χ2v) is 12.6. The Bertz CT molecular complexity index is 2750. The Morgan fingerprint density at radius 2 is 0.939 bits per heavy atom. The first-order valence-electron chi connectivity index (χ1n) is 16.7. The van der Waals surface area contributed by atoms with Gasteiger partial charge in [-0.3, -0.25) is 0 Å². The van der Waals surface area contributed by atoms with E-state index in [4.69, 9.17) is 4.42 Å². The molecule has 8 aromatic carbocycles. The van der Waals surface area contributed by atoms with Gasteiger partial charge in [-0.1, -0.05) is 109 Å². The monoisotopic (exact) mass is 626 g/mol. The van der Waals surface area contributed by atoms with Crippen molar-refractivity contribution in [2.45, 2.75) is 0 Å². The van der Waals surface area contributed by atoms with Crippen molar-refractivity contribution in [3.63, 3.8) is 0 Å². The zero-order chi connectivity index (χ0) is 32.3. The lowest BCUT2D eigenvalue weighted by Crippen LogP contribution is -2.10. The second-order valence-electron chi connectivity index (χ2n) is 12.6. The van der Waals surface area contributed by atoms with Gasteiger partial charge in [0.25, 0.3) is 0 Å². The lowest BCUT2D eigenvalue weighted by molar-refractivity contribution is 0.672. The van der Waals surface area contributed by atoms with Crippen molar-refractivity contribution in [3.8, 4) is 16.8 Å². The number of fused-ring (bicyclic) bond motifs is 8. The Hall–Kier alpha value is -6.58. The molecule has 10 aromatic rings. The lowest BCUT2D eigenvalue weighted by atomic mass is 10.0.